The Labute approximate surface area is 211 Å². The second-order valence-electron chi connectivity index (χ2n) is 10.2. The van der Waals surface area contributed by atoms with E-state index in [2.05, 4.69) is 77.4 Å². The summed E-state index contributed by atoms with van der Waals surface area (Å²) in [7, 11) is 0. The first kappa shape index (κ1) is 25.2. The quantitative estimate of drug-likeness (QED) is 0.484. The molecule has 188 valence electrons. The number of hydrogen-bond donors (Lipinski definition) is 3. The Kier molecular flexibility index (Phi) is 6.97. The monoisotopic (exact) mass is 488 g/mol. The first-order valence-corrected chi connectivity index (χ1v) is 12.0. The molecule has 8 nitrogen and oxygen atoms in total. The topological polar surface area (TPSA) is 116 Å². The smallest absolute Gasteiger partial charge is 0.322 e. The minimum absolute atomic E-state index is 0.131. The molecule has 2 aromatic carbocycles. The van der Waals surface area contributed by atoms with Gasteiger partial charge in [0.2, 0.25) is 0 Å². The number of aliphatic carboxylic acids is 1. The van der Waals surface area contributed by atoms with Gasteiger partial charge in [-0.1, -0.05) is 51.1 Å². The summed E-state index contributed by atoms with van der Waals surface area (Å²) < 4.78 is 0. The highest BCUT2D eigenvalue weighted by Gasteiger charge is 2.21. The predicted octanol–water partition coefficient (Wildman–Crippen LogP) is 3.76. The van der Waals surface area contributed by atoms with Crippen LogP contribution in [0.4, 0.5) is 5.69 Å². The number of nitrogens with one attached hydrogen (secondary N) is 1. The van der Waals surface area contributed by atoms with Crippen molar-refractivity contribution in [1.82, 2.24) is 15.3 Å². The number of carbonyl (C=O) groups is 2. The van der Waals surface area contributed by atoms with Crippen LogP contribution >= 0.6 is 0 Å². The highest BCUT2D eigenvalue weighted by molar-refractivity contribution is 5.96. The summed E-state index contributed by atoms with van der Waals surface area (Å²) >= 11 is 0. The molecule has 0 aliphatic carbocycles. The van der Waals surface area contributed by atoms with E-state index in [9.17, 15) is 14.7 Å². The largest absolute Gasteiger partial charge is 0.504 e. The van der Waals surface area contributed by atoms with E-state index in [0.29, 0.717) is 12.2 Å². The van der Waals surface area contributed by atoms with Gasteiger partial charge in [-0.15, -0.1) is 0 Å². The van der Waals surface area contributed by atoms with Gasteiger partial charge in [-0.05, 0) is 53.1 Å². The van der Waals surface area contributed by atoms with E-state index in [1.165, 1.54) is 22.4 Å². The van der Waals surface area contributed by atoms with Crippen LogP contribution in [-0.2, 0) is 29.6 Å². The molecule has 0 unspecified atom stereocenters. The Balaban J connectivity index is 1.48. The number of amides is 1. The van der Waals surface area contributed by atoms with Gasteiger partial charge in [-0.2, -0.15) is 0 Å². The zero-order valence-corrected chi connectivity index (χ0v) is 21.1. The van der Waals surface area contributed by atoms with Crippen molar-refractivity contribution in [2.45, 2.75) is 52.5 Å². The number of rotatable bonds is 6. The van der Waals surface area contributed by atoms with Gasteiger partial charge in [0.15, 0.2) is 11.4 Å². The molecule has 1 aliphatic heterocycles. The fraction of sp³-hybridized carbons (Fsp3) is 0.357. The zero-order chi connectivity index (χ0) is 26.0. The van der Waals surface area contributed by atoms with Gasteiger partial charge >= 0.3 is 5.97 Å². The molecule has 0 atom stereocenters. The van der Waals surface area contributed by atoms with Crippen molar-refractivity contribution < 1.29 is 19.8 Å². The molecule has 3 aromatic rings. The molecule has 4 rings (SSSR count). The molecule has 1 aromatic heterocycles. The maximum atomic E-state index is 12.3. The van der Waals surface area contributed by atoms with Gasteiger partial charge in [0, 0.05) is 25.2 Å². The molecule has 2 heterocycles. The molecular weight excluding hydrogens is 456 g/mol. The van der Waals surface area contributed by atoms with E-state index in [4.69, 9.17) is 5.11 Å². The molecule has 1 amide bonds. The van der Waals surface area contributed by atoms with Crippen LogP contribution in [0.3, 0.4) is 0 Å². The van der Waals surface area contributed by atoms with Crippen molar-refractivity contribution in [3.8, 4) is 5.75 Å². The summed E-state index contributed by atoms with van der Waals surface area (Å²) in [5.41, 5.74) is 6.30. The fourth-order valence-corrected chi connectivity index (χ4v) is 4.39. The van der Waals surface area contributed by atoms with Gasteiger partial charge in [0.1, 0.15) is 12.4 Å². The van der Waals surface area contributed by atoms with E-state index in [-0.39, 0.29) is 22.6 Å². The maximum absolute atomic E-state index is 12.3. The van der Waals surface area contributed by atoms with Crippen LogP contribution in [0.1, 0.15) is 65.0 Å². The third kappa shape index (κ3) is 5.64. The molecule has 8 heteroatoms. The van der Waals surface area contributed by atoms with Crippen LogP contribution in [0.2, 0.25) is 0 Å². The highest BCUT2D eigenvalue weighted by atomic mass is 16.4. The normalized spacial score (nSPS) is 13.3. The number of carbonyl (C=O) groups excluding carboxylic acids is 1. The van der Waals surface area contributed by atoms with E-state index in [0.717, 1.165) is 25.1 Å². The number of aromatic hydroxyl groups is 1. The van der Waals surface area contributed by atoms with Crippen LogP contribution in [0.25, 0.3) is 0 Å². The van der Waals surface area contributed by atoms with Crippen LogP contribution in [0.5, 0.6) is 5.75 Å². The number of nitrogens with zero attached hydrogens (tertiary/aromatic N) is 3. The number of aromatic nitrogens is 2. The van der Waals surface area contributed by atoms with E-state index in [1.807, 2.05) is 6.07 Å². The average Bonchev–Trinajstić information content (AvgIpc) is 2.84. The zero-order valence-electron chi connectivity index (χ0n) is 21.1. The number of hydrogen-bond acceptors (Lipinski definition) is 6. The molecule has 1 aliphatic rings. The van der Waals surface area contributed by atoms with E-state index < -0.39 is 18.4 Å². The number of anilines is 1. The summed E-state index contributed by atoms with van der Waals surface area (Å²) in [5.74, 6) is -1.88. The molecule has 0 bridgehead atoms. The molecule has 0 spiro atoms. The van der Waals surface area contributed by atoms with Gasteiger partial charge in [-0.25, -0.2) is 9.97 Å². The summed E-state index contributed by atoms with van der Waals surface area (Å²) in [4.78, 5) is 34.0. The SMILES string of the molecule is Cc1nc(Cc2ccc3c(c2)CCN(c2ccc(C(C)(C)C)cc2)C3)nc(C(=O)NCC(=O)O)c1O. The summed E-state index contributed by atoms with van der Waals surface area (Å²) in [6.07, 6.45) is 1.31. The van der Waals surface area contributed by atoms with Crippen molar-refractivity contribution in [1.29, 1.82) is 0 Å². The maximum Gasteiger partial charge on any atom is 0.322 e. The lowest BCUT2D eigenvalue weighted by Gasteiger charge is -2.31. The molecule has 0 fully saturated rings. The minimum Gasteiger partial charge on any atom is -0.504 e. The number of benzene rings is 2. The molecule has 0 radical (unpaired) electrons. The molecule has 0 saturated carbocycles. The molecule has 36 heavy (non-hydrogen) atoms. The Bertz CT molecular complexity index is 1300. The van der Waals surface area contributed by atoms with Crippen molar-refractivity contribution in [3.63, 3.8) is 0 Å². The van der Waals surface area contributed by atoms with Crippen molar-refractivity contribution in [3.05, 3.63) is 81.9 Å². The number of fused-ring (bicyclic) bond motifs is 1. The lowest BCUT2D eigenvalue weighted by molar-refractivity contribution is -0.135. The van der Waals surface area contributed by atoms with Crippen molar-refractivity contribution in [2.24, 2.45) is 0 Å². The number of carboxylic acid groups (broad SMARTS) is 1. The molecule has 3 N–H and O–H groups in total. The fourth-order valence-electron chi connectivity index (χ4n) is 4.39. The van der Waals surface area contributed by atoms with Gasteiger partial charge in [0.25, 0.3) is 5.91 Å². The summed E-state index contributed by atoms with van der Waals surface area (Å²) in [5, 5.41) is 21.2. The van der Waals surface area contributed by atoms with Crippen LogP contribution in [0, 0.1) is 6.92 Å². The second kappa shape index (κ2) is 9.97. The third-order valence-electron chi connectivity index (χ3n) is 6.46. The van der Waals surface area contributed by atoms with Crippen molar-refractivity contribution >= 4 is 17.6 Å². The highest BCUT2D eigenvalue weighted by Crippen LogP contribution is 2.29. The van der Waals surface area contributed by atoms with Crippen molar-refractivity contribution in [2.75, 3.05) is 18.0 Å². The lowest BCUT2D eigenvalue weighted by atomic mass is 9.87. The third-order valence-corrected chi connectivity index (χ3v) is 6.46. The first-order chi connectivity index (χ1) is 17.0. The standard InChI is InChI=1S/C28H32N4O4/c1-17-26(35)25(27(36)29-15-24(33)34)31-23(30-17)14-18-5-6-20-16-32(12-11-19(20)13-18)22-9-7-21(8-10-22)28(2,3)4/h5-10,13,35H,11-12,14-16H2,1-4H3,(H,29,36)(H,33,34). The van der Waals surface area contributed by atoms with Crippen LogP contribution < -0.4 is 10.2 Å². The van der Waals surface area contributed by atoms with E-state index >= 15 is 0 Å². The summed E-state index contributed by atoms with van der Waals surface area (Å²) in [6, 6.07) is 15.2. The summed E-state index contributed by atoms with van der Waals surface area (Å²) in [6.45, 7) is 9.45. The second-order valence-corrected chi connectivity index (χ2v) is 10.2. The number of carboxylic acids is 1. The van der Waals surface area contributed by atoms with Gasteiger partial charge in [0.05, 0.1) is 5.69 Å². The predicted molar refractivity (Wildman–Crippen MR) is 138 cm³/mol. The first-order valence-electron chi connectivity index (χ1n) is 12.0. The minimum atomic E-state index is -1.18. The van der Waals surface area contributed by atoms with Crippen LogP contribution in [-0.4, -0.2) is 45.1 Å². The van der Waals surface area contributed by atoms with Crippen LogP contribution in [0.15, 0.2) is 42.5 Å². The Morgan fingerprint density at radius 1 is 1.06 bits per heavy atom. The van der Waals surface area contributed by atoms with Gasteiger partial charge in [-0.3, -0.25) is 9.59 Å². The average molecular weight is 489 g/mol. The Morgan fingerprint density at radius 2 is 1.78 bits per heavy atom. The molecular formula is C28H32N4O4. The van der Waals surface area contributed by atoms with Gasteiger partial charge < -0.3 is 20.4 Å². The Hall–Kier alpha value is -3.94. The number of aryl methyl sites for hydroxylation is 1. The molecule has 0 saturated heterocycles. The lowest BCUT2D eigenvalue weighted by Crippen LogP contribution is -2.30. The Morgan fingerprint density at radius 3 is 2.44 bits per heavy atom. The van der Waals surface area contributed by atoms with E-state index in [1.54, 1.807) is 6.92 Å².